The van der Waals surface area contributed by atoms with E-state index >= 15 is 0 Å². The minimum absolute atomic E-state index is 0.0288. The molecule has 1 unspecified atom stereocenters. The molecule has 0 heterocycles. The summed E-state index contributed by atoms with van der Waals surface area (Å²) >= 11 is 0. The van der Waals surface area contributed by atoms with Crippen LogP contribution >= 0.6 is 0 Å². The summed E-state index contributed by atoms with van der Waals surface area (Å²) < 4.78 is 0. The summed E-state index contributed by atoms with van der Waals surface area (Å²) in [7, 11) is 0. The monoisotopic (exact) mass is 211 g/mol. The largest absolute Gasteiger partial charge is 0.350 e. The van der Waals surface area contributed by atoms with Crippen LogP contribution in [0.25, 0.3) is 0 Å². The van der Waals surface area contributed by atoms with Gasteiger partial charge in [-0.15, -0.1) is 0 Å². The molecule has 0 radical (unpaired) electrons. The third kappa shape index (κ3) is 7.95. The minimum atomic E-state index is -0.199. The van der Waals surface area contributed by atoms with E-state index in [2.05, 4.69) is 16.7 Å². The SMILES string of the molecule is CCC(CC#N)NCC(=O)NC(C)(C)C. The number of carbonyl (C=O) groups is 1. The molecule has 0 spiro atoms. The number of hydrogen-bond donors (Lipinski definition) is 2. The lowest BCUT2D eigenvalue weighted by Crippen LogP contribution is -2.46. The predicted molar refractivity (Wildman–Crippen MR) is 60.2 cm³/mol. The third-order valence-electron chi connectivity index (χ3n) is 1.90. The zero-order chi connectivity index (χ0) is 11.9. The van der Waals surface area contributed by atoms with Crippen molar-refractivity contribution in [3.05, 3.63) is 0 Å². The van der Waals surface area contributed by atoms with Crippen molar-refractivity contribution in [2.24, 2.45) is 0 Å². The molecule has 1 amide bonds. The van der Waals surface area contributed by atoms with E-state index in [0.717, 1.165) is 6.42 Å². The fraction of sp³-hybridized carbons (Fsp3) is 0.818. The molecule has 0 aliphatic rings. The van der Waals surface area contributed by atoms with E-state index in [-0.39, 0.29) is 24.0 Å². The Morgan fingerprint density at radius 2 is 2.07 bits per heavy atom. The maximum Gasteiger partial charge on any atom is 0.234 e. The molecule has 86 valence electrons. The quantitative estimate of drug-likeness (QED) is 0.717. The van der Waals surface area contributed by atoms with E-state index in [0.29, 0.717) is 6.42 Å². The molecular formula is C11H21N3O. The highest BCUT2D eigenvalue weighted by atomic mass is 16.2. The number of carbonyl (C=O) groups excluding carboxylic acids is 1. The van der Waals surface area contributed by atoms with Gasteiger partial charge in [0.25, 0.3) is 0 Å². The first-order valence-electron chi connectivity index (χ1n) is 5.30. The molecule has 15 heavy (non-hydrogen) atoms. The Kier molecular flexibility index (Phi) is 5.95. The maximum absolute atomic E-state index is 11.4. The summed E-state index contributed by atoms with van der Waals surface area (Å²) in [5.41, 5.74) is -0.199. The molecule has 0 aromatic carbocycles. The topological polar surface area (TPSA) is 64.9 Å². The standard InChI is InChI=1S/C11H21N3O/c1-5-9(6-7-12)13-8-10(15)14-11(2,3)4/h9,13H,5-6,8H2,1-4H3,(H,14,15). The second-order valence-electron chi connectivity index (χ2n) is 4.65. The Hall–Kier alpha value is -1.08. The van der Waals surface area contributed by atoms with Gasteiger partial charge in [-0.1, -0.05) is 6.92 Å². The Bertz CT molecular complexity index is 237. The summed E-state index contributed by atoms with van der Waals surface area (Å²) in [5.74, 6) is -0.0288. The molecule has 4 heteroatoms. The molecular weight excluding hydrogens is 190 g/mol. The van der Waals surface area contributed by atoms with Gasteiger partial charge in [0.1, 0.15) is 0 Å². The molecule has 0 aromatic heterocycles. The molecule has 2 N–H and O–H groups in total. The van der Waals surface area contributed by atoms with Crippen LogP contribution in [0.2, 0.25) is 0 Å². The second kappa shape index (κ2) is 6.41. The van der Waals surface area contributed by atoms with Crippen LogP contribution in [0.3, 0.4) is 0 Å². The highest BCUT2D eigenvalue weighted by Crippen LogP contribution is 1.98. The van der Waals surface area contributed by atoms with Gasteiger partial charge in [-0.2, -0.15) is 5.26 Å². The number of nitrogens with one attached hydrogen (secondary N) is 2. The van der Waals surface area contributed by atoms with Crippen molar-refractivity contribution >= 4 is 5.91 Å². The molecule has 0 aliphatic carbocycles. The number of rotatable bonds is 5. The van der Waals surface area contributed by atoms with Crippen LogP contribution in [0.4, 0.5) is 0 Å². The van der Waals surface area contributed by atoms with Gasteiger partial charge in [-0.3, -0.25) is 4.79 Å². The Balaban J connectivity index is 3.84. The minimum Gasteiger partial charge on any atom is -0.350 e. The molecule has 0 bridgehead atoms. The lowest BCUT2D eigenvalue weighted by atomic mass is 10.1. The molecule has 0 rings (SSSR count). The first-order valence-corrected chi connectivity index (χ1v) is 5.30. The summed E-state index contributed by atoms with van der Waals surface area (Å²) in [4.78, 5) is 11.4. The van der Waals surface area contributed by atoms with Crippen molar-refractivity contribution in [3.63, 3.8) is 0 Å². The van der Waals surface area contributed by atoms with E-state index in [1.807, 2.05) is 27.7 Å². The number of nitrogens with zero attached hydrogens (tertiary/aromatic N) is 1. The first kappa shape index (κ1) is 13.9. The van der Waals surface area contributed by atoms with E-state index in [4.69, 9.17) is 5.26 Å². The lowest BCUT2D eigenvalue weighted by Gasteiger charge is -2.21. The van der Waals surface area contributed by atoms with Crippen molar-refractivity contribution in [1.82, 2.24) is 10.6 Å². The Morgan fingerprint density at radius 1 is 1.47 bits per heavy atom. The molecule has 4 nitrogen and oxygen atoms in total. The number of amides is 1. The third-order valence-corrected chi connectivity index (χ3v) is 1.90. The van der Waals surface area contributed by atoms with Gasteiger partial charge in [0, 0.05) is 11.6 Å². The van der Waals surface area contributed by atoms with Crippen molar-refractivity contribution < 1.29 is 4.79 Å². The molecule has 0 saturated heterocycles. The zero-order valence-electron chi connectivity index (χ0n) is 10.1. The van der Waals surface area contributed by atoms with Crippen LogP contribution < -0.4 is 10.6 Å². The van der Waals surface area contributed by atoms with Gasteiger partial charge in [0.15, 0.2) is 0 Å². The van der Waals surface area contributed by atoms with Crippen LogP contribution in [0.5, 0.6) is 0 Å². The van der Waals surface area contributed by atoms with Gasteiger partial charge < -0.3 is 10.6 Å². The van der Waals surface area contributed by atoms with E-state index in [9.17, 15) is 4.79 Å². The zero-order valence-corrected chi connectivity index (χ0v) is 10.1. The number of hydrogen-bond acceptors (Lipinski definition) is 3. The predicted octanol–water partition coefficient (Wildman–Crippen LogP) is 1.18. The highest BCUT2D eigenvalue weighted by molar-refractivity contribution is 5.78. The van der Waals surface area contributed by atoms with Crippen molar-refractivity contribution in [2.75, 3.05) is 6.54 Å². The maximum atomic E-state index is 11.4. The normalized spacial score (nSPS) is 13.0. The summed E-state index contributed by atoms with van der Waals surface area (Å²) in [6.45, 7) is 8.10. The first-order chi connectivity index (χ1) is 6.89. The van der Waals surface area contributed by atoms with Crippen LogP contribution in [0.1, 0.15) is 40.5 Å². The second-order valence-corrected chi connectivity index (χ2v) is 4.65. The molecule has 0 saturated carbocycles. The Labute approximate surface area is 92.0 Å². The van der Waals surface area contributed by atoms with E-state index < -0.39 is 0 Å². The highest BCUT2D eigenvalue weighted by Gasteiger charge is 2.14. The number of nitriles is 1. The van der Waals surface area contributed by atoms with E-state index in [1.54, 1.807) is 0 Å². The van der Waals surface area contributed by atoms with Gasteiger partial charge >= 0.3 is 0 Å². The molecule has 0 fully saturated rings. The van der Waals surface area contributed by atoms with Crippen molar-refractivity contribution in [2.45, 2.75) is 52.1 Å². The van der Waals surface area contributed by atoms with Crippen LogP contribution in [0.15, 0.2) is 0 Å². The van der Waals surface area contributed by atoms with Gasteiger partial charge in [-0.05, 0) is 27.2 Å². The average Bonchev–Trinajstić information content (AvgIpc) is 2.09. The Morgan fingerprint density at radius 3 is 2.47 bits per heavy atom. The van der Waals surface area contributed by atoms with Crippen LogP contribution in [-0.2, 0) is 4.79 Å². The molecule has 1 atom stereocenters. The van der Waals surface area contributed by atoms with E-state index in [1.165, 1.54) is 0 Å². The molecule has 0 aromatic rings. The van der Waals surface area contributed by atoms with Gasteiger partial charge in [0.2, 0.25) is 5.91 Å². The van der Waals surface area contributed by atoms with Crippen LogP contribution in [0, 0.1) is 11.3 Å². The average molecular weight is 211 g/mol. The summed E-state index contributed by atoms with van der Waals surface area (Å²) in [5, 5.41) is 14.4. The van der Waals surface area contributed by atoms with Gasteiger partial charge in [0.05, 0.1) is 19.0 Å². The lowest BCUT2D eigenvalue weighted by molar-refractivity contribution is -0.121. The fourth-order valence-corrected chi connectivity index (χ4v) is 1.17. The molecule has 0 aliphatic heterocycles. The summed E-state index contributed by atoms with van der Waals surface area (Å²) in [6, 6.07) is 2.21. The summed E-state index contributed by atoms with van der Waals surface area (Å²) in [6.07, 6.45) is 1.30. The van der Waals surface area contributed by atoms with Gasteiger partial charge in [-0.25, -0.2) is 0 Å². The van der Waals surface area contributed by atoms with Crippen LogP contribution in [-0.4, -0.2) is 24.0 Å². The van der Waals surface area contributed by atoms with Crippen molar-refractivity contribution in [3.8, 4) is 6.07 Å². The smallest absolute Gasteiger partial charge is 0.234 e. The van der Waals surface area contributed by atoms with Crippen molar-refractivity contribution in [1.29, 1.82) is 5.26 Å². The fourth-order valence-electron chi connectivity index (χ4n) is 1.17.